The van der Waals surface area contributed by atoms with Crippen LogP contribution in [0.25, 0.3) is 0 Å². The molecule has 0 saturated heterocycles. The fourth-order valence-corrected chi connectivity index (χ4v) is 9.93. The Morgan fingerprint density at radius 1 is 0.562 bits per heavy atom. The predicted molar refractivity (Wildman–Crippen MR) is 117 cm³/mol. The third kappa shape index (κ3) is 4.34. The molecule has 0 amide bonds. The lowest BCUT2D eigenvalue weighted by atomic mass is 10.3. The average molecular weight is 467 g/mol. The number of isocyanates is 3. The molecule has 9 nitrogen and oxygen atoms in total. The summed E-state index contributed by atoms with van der Waals surface area (Å²) in [5.41, 5.74) is 0.817. The average Bonchev–Trinajstić information content (AvgIpc) is 2.77. The first kappa shape index (κ1) is 23.0. The highest BCUT2D eigenvalue weighted by Crippen LogP contribution is 2.89. The minimum atomic E-state index is -4.90. The molecule has 2 N–H and O–H groups in total. The fourth-order valence-electron chi connectivity index (χ4n) is 3.13. The Morgan fingerprint density at radius 3 is 1.00 bits per heavy atom. The summed E-state index contributed by atoms with van der Waals surface area (Å²) < 4.78 is 13.2. The van der Waals surface area contributed by atoms with Crippen LogP contribution in [0.4, 0.5) is 17.1 Å². The van der Waals surface area contributed by atoms with Crippen LogP contribution >= 0.6 is 16.4 Å². The van der Waals surface area contributed by atoms with E-state index in [-0.39, 0.29) is 17.1 Å². The van der Waals surface area contributed by atoms with Gasteiger partial charge in [-0.3, -0.25) is 0 Å². The van der Waals surface area contributed by atoms with E-state index in [1.54, 1.807) is 0 Å². The summed E-state index contributed by atoms with van der Waals surface area (Å²) in [6.07, 6.45) is 4.25. The van der Waals surface area contributed by atoms with Crippen LogP contribution < -0.4 is 0 Å². The quantitative estimate of drug-likeness (QED) is 0.285. The molecule has 0 unspecified atom stereocenters. The molecular formula is C21H14N3O6PS. The Morgan fingerprint density at radius 2 is 0.812 bits per heavy atom. The third-order valence-corrected chi connectivity index (χ3v) is 12.0. The summed E-state index contributed by atoms with van der Waals surface area (Å²) in [6.45, 7) is -4.90. The molecule has 32 heavy (non-hydrogen) atoms. The molecule has 0 radical (unpaired) electrons. The lowest BCUT2D eigenvalue weighted by molar-refractivity contribution is 0.395. The molecule has 0 aliphatic heterocycles. The van der Waals surface area contributed by atoms with Crippen molar-refractivity contribution in [3.05, 3.63) is 72.8 Å². The molecule has 0 saturated carbocycles. The van der Waals surface area contributed by atoms with Crippen molar-refractivity contribution in [3.63, 3.8) is 0 Å². The molecular weight excluding hydrogens is 453 g/mol. The summed E-state index contributed by atoms with van der Waals surface area (Å²) in [4.78, 5) is 64.5. The van der Waals surface area contributed by atoms with Gasteiger partial charge >= 0.3 is 6.80 Å². The fraction of sp³-hybridized carbons (Fsp3) is 0. The van der Waals surface area contributed by atoms with Crippen LogP contribution in [0.3, 0.4) is 0 Å². The highest BCUT2D eigenvalue weighted by atomic mass is 32.8. The maximum absolute atomic E-state index is 13.2. The third-order valence-electron chi connectivity index (χ3n) is 4.41. The normalized spacial score (nSPS) is 13.4. The van der Waals surface area contributed by atoms with Crippen LogP contribution in [0.1, 0.15) is 0 Å². The molecule has 0 spiro atoms. The van der Waals surface area contributed by atoms with Crippen LogP contribution in [0.2, 0.25) is 0 Å². The Hall–Kier alpha value is -3.70. The Kier molecular flexibility index (Phi) is 6.91. The molecule has 0 aromatic heterocycles. The van der Waals surface area contributed by atoms with Gasteiger partial charge in [0.25, 0.3) is 0 Å². The van der Waals surface area contributed by atoms with Crippen LogP contribution in [0.15, 0.2) is 102 Å². The van der Waals surface area contributed by atoms with Gasteiger partial charge in [-0.15, -0.1) is 0 Å². The number of nitrogens with zero attached hydrogens (tertiary/aromatic N) is 3. The molecule has 160 valence electrons. The highest BCUT2D eigenvalue weighted by Gasteiger charge is 2.46. The number of benzene rings is 3. The van der Waals surface area contributed by atoms with Crippen LogP contribution in [0, 0.1) is 0 Å². The number of aliphatic imine (C=N–C) groups is 3. The molecule has 0 atom stereocenters. The van der Waals surface area contributed by atoms with Crippen LogP contribution in [-0.2, 0) is 18.9 Å². The van der Waals surface area contributed by atoms with Crippen molar-refractivity contribution in [2.75, 3.05) is 0 Å². The van der Waals surface area contributed by atoms with E-state index in [9.17, 15) is 28.7 Å². The van der Waals surface area contributed by atoms with Crippen molar-refractivity contribution >= 4 is 51.7 Å². The summed E-state index contributed by atoms with van der Waals surface area (Å²) in [5.74, 6) is 0. The molecule has 3 aromatic carbocycles. The maximum atomic E-state index is 13.2. The van der Waals surface area contributed by atoms with Gasteiger partial charge in [0.15, 0.2) is 0 Å². The van der Waals surface area contributed by atoms with Crippen molar-refractivity contribution in [2.45, 2.75) is 14.7 Å². The first-order valence-corrected chi connectivity index (χ1v) is 12.6. The first-order valence-electron chi connectivity index (χ1n) is 8.80. The Labute approximate surface area is 183 Å². The Bertz CT molecular complexity index is 1170. The topological polar surface area (TPSA) is 146 Å². The van der Waals surface area contributed by atoms with Gasteiger partial charge in [-0.2, -0.15) is 15.0 Å². The summed E-state index contributed by atoms with van der Waals surface area (Å²) in [6, 6.07) is 17.6. The van der Waals surface area contributed by atoms with Crippen molar-refractivity contribution in [1.82, 2.24) is 0 Å². The SMILES string of the molecule is O=C=Nc1ccc(S(c2ccc(N=C=O)cc2)(c2ccc(N=C=O)cc2)P(=O)(O)O)cc1. The lowest BCUT2D eigenvalue weighted by Crippen LogP contribution is -2.04. The van der Waals surface area contributed by atoms with E-state index in [0.29, 0.717) is 14.7 Å². The molecule has 0 fully saturated rings. The summed E-state index contributed by atoms with van der Waals surface area (Å²) >= 11 is 0. The highest BCUT2D eigenvalue weighted by molar-refractivity contribution is 8.76. The number of hydrogen-bond donors (Lipinski definition) is 2. The van der Waals surface area contributed by atoms with Gasteiger partial charge in [-0.1, -0.05) is 9.65 Å². The summed E-state index contributed by atoms with van der Waals surface area (Å²) in [7, 11) is -3.20. The van der Waals surface area contributed by atoms with Gasteiger partial charge in [-0.05, 0) is 72.8 Å². The van der Waals surface area contributed by atoms with E-state index in [1.807, 2.05) is 0 Å². The molecule has 0 aliphatic carbocycles. The minimum absolute atomic E-state index is 0.272. The number of hydrogen-bond acceptors (Lipinski definition) is 7. The van der Waals surface area contributed by atoms with Gasteiger partial charge < -0.3 is 9.79 Å². The van der Waals surface area contributed by atoms with Gasteiger partial charge in [-0.25, -0.2) is 18.9 Å². The lowest BCUT2D eigenvalue weighted by Gasteiger charge is -2.41. The zero-order valence-corrected chi connectivity index (χ0v) is 17.9. The molecule has 3 rings (SSSR count). The van der Waals surface area contributed by atoms with Crippen LogP contribution in [-0.4, -0.2) is 28.0 Å². The first-order chi connectivity index (χ1) is 15.4. The second kappa shape index (κ2) is 9.62. The van der Waals surface area contributed by atoms with E-state index in [4.69, 9.17) is 0 Å². The van der Waals surface area contributed by atoms with E-state index in [2.05, 4.69) is 15.0 Å². The van der Waals surface area contributed by atoms with Gasteiger partial charge in [0.1, 0.15) is 0 Å². The second-order valence-electron chi connectivity index (χ2n) is 6.16. The zero-order valence-electron chi connectivity index (χ0n) is 16.2. The van der Waals surface area contributed by atoms with Crippen molar-refractivity contribution in [3.8, 4) is 0 Å². The zero-order chi connectivity index (χ0) is 23.2. The van der Waals surface area contributed by atoms with Crippen molar-refractivity contribution in [1.29, 1.82) is 0 Å². The van der Waals surface area contributed by atoms with Gasteiger partial charge in [0, 0.05) is 14.7 Å². The standard InChI is InChI=1S/C21H14N3O6PS/c25-13-22-16-1-7-19(8-2-16)32(31(28,29)30,20-9-3-17(4-10-20)23-14-26)21-11-5-18(6-12-21)24-15-27/h1-12H,(H2,28,29,30). The van der Waals surface area contributed by atoms with Crippen molar-refractivity contribution < 1.29 is 28.7 Å². The van der Waals surface area contributed by atoms with Crippen LogP contribution in [0.5, 0.6) is 0 Å². The maximum Gasteiger partial charge on any atom is 0.378 e. The summed E-state index contributed by atoms with van der Waals surface area (Å²) in [5, 5.41) is 0. The van der Waals surface area contributed by atoms with E-state index in [1.165, 1.54) is 91.0 Å². The predicted octanol–water partition coefficient (Wildman–Crippen LogP) is 4.96. The van der Waals surface area contributed by atoms with E-state index < -0.39 is 16.4 Å². The number of carbonyl (C=O) groups excluding carboxylic acids is 3. The molecule has 0 bridgehead atoms. The molecule has 0 heterocycles. The molecule has 11 heteroatoms. The smallest absolute Gasteiger partial charge is 0.317 e. The monoisotopic (exact) mass is 467 g/mol. The molecule has 0 aliphatic rings. The minimum Gasteiger partial charge on any atom is -0.317 e. The Balaban J connectivity index is 2.37. The largest absolute Gasteiger partial charge is 0.378 e. The second-order valence-corrected chi connectivity index (χ2v) is 12.8. The number of rotatable bonds is 7. The van der Waals surface area contributed by atoms with E-state index in [0.717, 1.165) is 0 Å². The van der Waals surface area contributed by atoms with Gasteiger partial charge in [0.2, 0.25) is 18.2 Å². The van der Waals surface area contributed by atoms with Crippen molar-refractivity contribution in [2.24, 2.45) is 15.0 Å². The molecule has 3 aromatic rings. The van der Waals surface area contributed by atoms with E-state index >= 15 is 0 Å². The van der Waals surface area contributed by atoms with Gasteiger partial charge in [0.05, 0.1) is 17.1 Å².